The predicted octanol–water partition coefficient (Wildman–Crippen LogP) is 4.66. The second kappa shape index (κ2) is 3.03. The van der Waals surface area contributed by atoms with E-state index in [0.717, 1.165) is 5.52 Å². The number of nitrogens with zero attached hydrogens (tertiary/aromatic N) is 1. The van der Waals surface area contributed by atoms with E-state index in [-0.39, 0.29) is 0 Å². The maximum absolute atomic E-state index is 4.50. The zero-order valence-electron chi connectivity index (χ0n) is 8.31. The van der Waals surface area contributed by atoms with Gasteiger partial charge in [-0.2, -0.15) is 0 Å². The summed E-state index contributed by atoms with van der Waals surface area (Å²) in [5.41, 5.74) is 1.08. The van der Waals surface area contributed by atoms with Gasteiger partial charge in [0.2, 0.25) is 0 Å². The zero-order chi connectivity index (χ0) is 10.5. The Labute approximate surface area is 100.0 Å². The molecule has 0 saturated carbocycles. The molecule has 76 valence electrons. The normalized spacial score (nSPS) is 11.8. The molecule has 3 heteroatoms. The van der Waals surface area contributed by atoms with Gasteiger partial charge >= 0.3 is 0 Å². The van der Waals surface area contributed by atoms with Crippen LogP contribution < -0.4 is 0 Å². The van der Waals surface area contributed by atoms with Gasteiger partial charge in [-0.05, 0) is 17.5 Å². The zero-order valence-corrected chi connectivity index (χ0v) is 9.94. The van der Waals surface area contributed by atoms with Gasteiger partial charge in [0.25, 0.3) is 0 Å². The summed E-state index contributed by atoms with van der Waals surface area (Å²) in [7, 11) is 0. The van der Waals surface area contributed by atoms with Crippen LogP contribution in [0.5, 0.6) is 0 Å². The van der Waals surface area contributed by atoms with Crippen molar-refractivity contribution < 1.29 is 0 Å². The lowest BCUT2D eigenvalue weighted by Gasteiger charge is -1.97. The van der Waals surface area contributed by atoms with Gasteiger partial charge in [-0.25, -0.2) is 0 Å². The average molecular weight is 241 g/mol. The van der Waals surface area contributed by atoms with Crippen LogP contribution in [0.25, 0.3) is 30.4 Å². The lowest BCUT2D eigenvalue weighted by atomic mass is 10.1. The molecule has 16 heavy (non-hydrogen) atoms. The standard InChI is InChI=1S/C13H7NS2/c1-2-4-10-8(3-1)12-9-5-6-15-13(9)16-11(12)7-14-10/h1-7H. The minimum atomic E-state index is 1.08. The third-order valence-electron chi connectivity index (χ3n) is 2.84. The van der Waals surface area contributed by atoms with Crippen molar-refractivity contribution in [2.75, 3.05) is 0 Å². The number of rotatable bonds is 0. The van der Waals surface area contributed by atoms with E-state index in [1.807, 2.05) is 34.9 Å². The number of aromatic nitrogens is 1. The molecular weight excluding hydrogens is 234 g/mol. The molecule has 1 aromatic carbocycles. The Kier molecular flexibility index (Phi) is 1.64. The van der Waals surface area contributed by atoms with Crippen LogP contribution in [0.1, 0.15) is 0 Å². The van der Waals surface area contributed by atoms with E-state index in [4.69, 9.17) is 0 Å². The SMILES string of the molecule is c1ccc2c(c1)ncc1sc3sccc3c12. The van der Waals surface area contributed by atoms with Gasteiger partial charge < -0.3 is 0 Å². The van der Waals surface area contributed by atoms with E-state index in [1.54, 1.807) is 0 Å². The Balaban J connectivity index is 2.41. The molecule has 0 bridgehead atoms. The van der Waals surface area contributed by atoms with Crippen LogP contribution in [0.4, 0.5) is 0 Å². The summed E-state index contributed by atoms with van der Waals surface area (Å²) < 4.78 is 2.69. The summed E-state index contributed by atoms with van der Waals surface area (Å²) in [5, 5.41) is 6.18. The van der Waals surface area contributed by atoms with Crippen molar-refractivity contribution in [2.24, 2.45) is 0 Å². The summed E-state index contributed by atoms with van der Waals surface area (Å²) in [5.74, 6) is 0. The van der Waals surface area contributed by atoms with Crippen LogP contribution in [0.2, 0.25) is 0 Å². The summed E-state index contributed by atoms with van der Waals surface area (Å²) in [6.45, 7) is 0. The highest BCUT2D eigenvalue weighted by molar-refractivity contribution is 7.41. The molecule has 0 radical (unpaired) electrons. The van der Waals surface area contributed by atoms with Crippen LogP contribution in [-0.2, 0) is 0 Å². The van der Waals surface area contributed by atoms with Crippen molar-refractivity contribution in [1.82, 2.24) is 4.98 Å². The highest BCUT2D eigenvalue weighted by atomic mass is 32.2. The third-order valence-corrected chi connectivity index (χ3v) is 5.02. The molecule has 0 spiro atoms. The first kappa shape index (κ1) is 8.67. The van der Waals surface area contributed by atoms with E-state index >= 15 is 0 Å². The van der Waals surface area contributed by atoms with E-state index in [2.05, 4.69) is 34.6 Å². The van der Waals surface area contributed by atoms with Gasteiger partial charge in [-0.1, -0.05) is 18.2 Å². The first-order valence-corrected chi connectivity index (χ1v) is 6.76. The summed E-state index contributed by atoms with van der Waals surface area (Å²) in [6.07, 6.45) is 2.00. The Hall–Kier alpha value is -1.45. The van der Waals surface area contributed by atoms with E-state index in [1.165, 1.54) is 24.9 Å². The molecule has 0 unspecified atom stereocenters. The molecule has 0 aliphatic heterocycles. The highest BCUT2D eigenvalue weighted by Gasteiger charge is 2.09. The fraction of sp³-hybridized carbons (Fsp3) is 0. The van der Waals surface area contributed by atoms with Crippen LogP contribution in [-0.4, -0.2) is 4.98 Å². The number of thiophene rings is 2. The Morgan fingerprint density at radius 1 is 1.00 bits per heavy atom. The number of pyridine rings is 1. The van der Waals surface area contributed by atoms with Crippen LogP contribution >= 0.6 is 22.7 Å². The van der Waals surface area contributed by atoms with Gasteiger partial charge in [0.15, 0.2) is 0 Å². The van der Waals surface area contributed by atoms with Crippen molar-refractivity contribution in [3.05, 3.63) is 41.9 Å². The van der Waals surface area contributed by atoms with Gasteiger partial charge in [-0.3, -0.25) is 4.98 Å². The second-order valence-electron chi connectivity index (χ2n) is 3.74. The quantitative estimate of drug-likeness (QED) is 0.436. The molecule has 1 nitrogen and oxygen atoms in total. The third kappa shape index (κ3) is 1.02. The maximum atomic E-state index is 4.50. The Morgan fingerprint density at radius 2 is 1.94 bits per heavy atom. The van der Waals surface area contributed by atoms with Crippen molar-refractivity contribution in [1.29, 1.82) is 0 Å². The molecule has 0 atom stereocenters. The van der Waals surface area contributed by atoms with E-state index in [9.17, 15) is 0 Å². The average Bonchev–Trinajstić information content (AvgIpc) is 2.88. The summed E-state index contributed by atoms with van der Waals surface area (Å²) in [4.78, 5) is 4.50. The number of hydrogen-bond acceptors (Lipinski definition) is 3. The summed E-state index contributed by atoms with van der Waals surface area (Å²) >= 11 is 3.65. The molecule has 0 aliphatic carbocycles. The first-order chi connectivity index (χ1) is 7.93. The van der Waals surface area contributed by atoms with E-state index < -0.39 is 0 Å². The molecule has 4 aromatic rings. The monoisotopic (exact) mass is 241 g/mol. The lowest BCUT2D eigenvalue weighted by molar-refractivity contribution is 1.46. The van der Waals surface area contributed by atoms with Crippen LogP contribution in [0.15, 0.2) is 41.9 Å². The van der Waals surface area contributed by atoms with Gasteiger partial charge in [-0.15, -0.1) is 22.7 Å². The maximum Gasteiger partial charge on any atom is 0.0878 e. The molecular formula is C13H7NS2. The largest absolute Gasteiger partial charge is 0.255 e. The highest BCUT2D eigenvalue weighted by Crippen LogP contribution is 2.39. The minimum absolute atomic E-state index is 1.08. The number of para-hydroxylation sites is 1. The topological polar surface area (TPSA) is 12.9 Å². The molecule has 0 aliphatic rings. The van der Waals surface area contributed by atoms with Crippen molar-refractivity contribution in [3.8, 4) is 0 Å². The number of fused-ring (bicyclic) bond motifs is 5. The molecule has 0 N–H and O–H groups in total. The minimum Gasteiger partial charge on any atom is -0.255 e. The van der Waals surface area contributed by atoms with Crippen molar-refractivity contribution >= 4 is 53.1 Å². The van der Waals surface area contributed by atoms with Crippen molar-refractivity contribution in [3.63, 3.8) is 0 Å². The molecule has 4 rings (SSSR count). The molecule has 3 heterocycles. The molecule has 0 saturated heterocycles. The Bertz CT molecular complexity index is 810. The van der Waals surface area contributed by atoms with Crippen LogP contribution in [0.3, 0.4) is 0 Å². The number of benzene rings is 1. The second-order valence-corrected chi connectivity index (χ2v) is 5.97. The Morgan fingerprint density at radius 3 is 2.94 bits per heavy atom. The van der Waals surface area contributed by atoms with Gasteiger partial charge in [0, 0.05) is 22.4 Å². The van der Waals surface area contributed by atoms with Gasteiger partial charge in [0.1, 0.15) is 0 Å². The fourth-order valence-corrected chi connectivity index (χ4v) is 4.30. The molecule has 3 aromatic heterocycles. The van der Waals surface area contributed by atoms with E-state index in [0.29, 0.717) is 0 Å². The smallest absolute Gasteiger partial charge is 0.0878 e. The fourth-order valence-electron chi connectivity index (χ4n) is 2.14. The summed E-state index contributed by atoms with van der Waals surface area (Å²) in [6, 6.07) is 10.6. The van der Waals surface area contributed by atoms with Crippen molar-refractivity contribution in [2.45, 2.75) is 0 Å². The molecule has 0 amide bonds. The lowest BCUT2D eigenvalue weighted by Crippen LogP contribution is -1.77. The predicted molar refractivity (Wildman–Crippen MR) is 72.5 cm³/mol. The molecule has 0 fully saturated rings. The van der Waals surface area contributed by atoms with Gasteiger partial charge in [0.05, 0.1) is 14.2 Å². The number of hydrogen-bond donors (Lipinski definition) is 0. The first-order valence-electron chi connectivity index (χ1n) is 5.07. The van der Waals surface area contributed by atoms with Crippen LogP contribution in [0, 0.1) is 0 Å².